The van der Waals surface area contributed by atoms with E-state index >= 15 is 0 Å². The van der Waals surface area contributed by atoms with E-state index in [-0.39, 0.29) is 42.5 Å². The number of hydrogen-bond acceptors (Lipinski definition) is 4. The average molecular weight is 518 g/mol. The van der Waals surface area contributed by atoms with Gasteiger partial charge in [0.05, 0.1) is 19.3 Å². The number of rotatable bonds is 5. The molecule has 1 aromatic rings. The zero-order valence-electron chi connectivity index (χ0n) is 17.8. The first-order valence-electron chi connectivity index (χ1n) is 10.4. The summed E-state index contributed by atoms with van der Waals surface area (Å²) in [6.45, 7) is 3.19. The van der Waals surface area contributed by atoms with Crippen LogP contribution in [0.15, 0.2) is 17.4 Å². The third kappa shape index (κ3) is 7.13. The number of likely N-dealkylation sites (N-methyl/N-ethyl adjacent to an activating group) is 1. The van der Waals surface area contributed by atoms with Crippen molar-refractivity contribution >= 4 is 35.8 Å². The molecule has 8 nitrogen and oxygen atoms in total. The molecule has 0 radical (unpaired) electrons. The molecule has 1 unspecified atom stereocenters. The van der Waals surface area contributed by atoms with Crippen LogP contribution in [-0.4, -0.2) is 78.3 Å². The number of guanidine groups is 1. The first-order valence-corrected chi connectivity index (χ1v) is 10.4. The van der Waals surface area contributed by atoms with Gasteiger partial charge in [-0.1, -0.05) is 19.3 Å². The van der Waals surface area contributed by atoms with Crippen LogP contribution in [0.4, 0.5) is 0 Å². The Morgan fingerprint density at radius 1 is 1.34 bits per heavy atom. The number of amides is 1. The van der Waals surface area contributed by atoms with Gasteiger partial charge in [-0.2, -0.15) is 5.10 Å². The molecule has 1 aliphatic heterocycles. The third-order valence-electron chi connectivity index (χ3n) is 5.60. The van der Waals surface area contributed by atoms with Gasteiger partial charge in [-0.15, -0.1) is 24.0 Å². The Bertz CT molecular complexity index is 672. The quantitative estimate of drug-likeness (QED) is 0.367. The number of nitrogens with zero attached hydrogens (tertiary/aromatic N) is 5. The molecule has 3 rings (SSSR count). The lowest BCUT2D eigenvalue weighted by Crippen LogP contribution is -2.49. The van der Waals surface area contributed by atoms with Crippen molar-refractivity contribution < 1.29 is 9.53 Å². The summed E-state index contributed by atoms with van der Waals surface area (Å²) in [6, 6.07) is 0. The molecular weight excluding hydrogens is 483 g/mol. The smallest absolute Gasteiger partial charge is 0.243 e. The number of ether oxygens (including phenoxy) is 1. The molecule has 0 bridgehead atoms. The van der Waals surface area contributed by atoms with E-state index in [9.17, 15) is 4.79 Å². The predicted molar refractivity (Wildman–Crippen MR) is 124 cm³/mol. The van der Waals surface area contributed by atoms with Crippen molar-refractivity contribution in [3.63, 3.8) is 0 Å². The molecule has 0 spiro atoms. The van der Waals surface area contributed by atoms with E-state index in [2.05, 4.69) is 20.3 Å². The average Bonchev–Trinajstić information content (AvgIpc) is 3.15. The van der Waals surface area contributed by atoms with Crippen LogP contribution in [-0.2, 0) is 16.6 Å². The van der Waals surface area contributed by atoms with E-state index in [4.69, 9.17) is 4.74 Å². The first kappa shape index (κ1) is 23.9. The zero-order chi connectivity index (χ0) is 19.9. The van der Waals surface area contributed by atoms with Crippen LogP contribution in [0.5, 0.6) is 0 Å². The number of halogens is 1. The lowest BCUT2D eigenvalue weighted by molar-refractivity contribution is -0.127. The number of carbonyl (C=O) groups excluding carboxylic acids is 1. The van der Waals surface area contributed by atoms with Crippen LogP contribution in [0, 0.1) is 5.92 Å². The van der Waals surface area contributed by atoms with Crippen molar-refractivity contribution in [1.29, 1.82) is 0 Å². The van der Waals surface area contributed by atoms with Crippen molar-refractivity contribution in [3.05, 3.63) is 18.0 Å². The predicted octanol–water partition coefficient (Wildman–Crippen LogP) is 2.03. The number of hydrogen-bond donors (Lipinski definition) is 1. The summed E-state index contributed by atoms with van der Waals surface area (Å²) < 4.78 is 7.76. The largest absolute Gasteiger partial charge is 0.370 e. The monoisotopic (exact) mass is 518 g/mol. The van der Waals surface area contributed by atoms with Gasteiger partial charge in [-0.3, -0.25) is 9.48 Å². The summed E-state index contributed by atoms with van der Waals surface area (Å²) in [4.78, 5) is 20.5. The molecule has 1 N–H and O–H groups in total. The lowest BCUT2D eigenvalue weighted by atomic mass is 9.89. The third-order valence-corrected chi connectivity index (χ3v) is 5.60. The summed E-state index contributed by atoms with van der Waals surface area (Å²) in [5.74, 6) is 1.52. The van der Waals surface area contributed by atoms with E-state index in [1.165, 1.54) is 32.1 Å². The molecule has 2 heterocycles. The number of morpholine rings is 1. The highest BCUT2D eigenvalue weighted by atomic mass is 127. The Balaban J connectivity index is 0.00000300. The molecule has 164 valence electrons. The van der Waals surface area contributed by atoms with E-state index in [1.807, 2.05) is 19.4 Å². The van der Waals surface area contributed by atoms with Gasteiger partial charge in [0.1, 0.15) is 12.6 Å². The molecule has 2 fully saturated rings. The van der Waals surface area contributed by atoms with Crippen molar-refractivity contribution in [2.45, 2.75) is 38.2 Å². The van der Waals surface area contributed by atoms with Crippen LogP contribution in [0.1, 0.15) is 43.8 Å². The van der Waals surface area contributed by atoms with E-state index < -0.39 is 0 Å². The van der Waals surface area contributed by atoms with Crippen LogP contribution in [0.2, 0.25) is 0 Å². The number of aliphatic imine (C=N–C) groups is 1. The molecule has 2 aliphatic rings. The van der Waals surface area contributed by atoms with Gasteiger partial charge in [0.2, 0.25) is 5.91 Å². The highest BCUT2D eigenvalue weighted by Crippen LogP contribution is 2.24. The maximum Gasteiger partial charge on any atom is 0.243 e. The fraction of sp³-hybridized carbons (Fsp3) is 0.750. The number of carbonyl (C=O) groups is 1. The van der Waals surface area contributed by atoms with Crippen molar-refractivity contribution in [2.75, 3.05) is 46.9 Å². The minimum Gasteiger partial charge on any atom is -0.370 e. The normalized spacial score (nSPS) is 20.9. The number of aryl methyl sites for hydroxylation is 1. The van der Waals surface area contributed by atoms with E-state index in [1.54, 1.807) is 23.7 Å². The second kappa shape index (κ2) is 11.7. The van der Waals surface area contributed by atoms with E-state index in [0.29, 0.717) is 19.1 Å². The van der Waals surface area contributed by atoms with Gasteiger partial charge in [0, 0.05) is 46.0 Å². The molecule has 1 aromatic heterocycles. The minimum atomic E-state index is -0.0336. The molecule has 9 heteroatoms. The maximum atomic E-state index is 12.1. The summed E-state index contributed by atoms with van der Waals surface area (Å²) in [7, 11) is 5.44. The molecule has 0 aromatic carbocycles. The molecule has 1 atom stereocenters. The Morgan fingerprint density at radius 2 is 2.10 bits per heavy atom. The zero-order valence-corrected chi connectivity index (χ0v) is 20.2. The molecular formula is C20H35IN6O2. The summed E-state index contributed by atoms with van der Waals surface area (Å²) >= 11 is 0. The Morgan fingerprint density at radius 3 is 2.76 bits per heavy atom. The van der Waals surface area contributed by atoms with Crippen LogP contribution in [0.25, 0.3) is 0 Å². The fourth-order valence-corrected chi connectivity index (χ4v) is 3.83. The van der Waals surface area contributed by atoms with Crippen LogP contribution >= 0.6 is 24.0 Å². The lowest BCUT2D eigenvalue weighted by Gasteiger charge is -2.35. The fourth-order valence-electron chi connectivity index (χ4n) is 3.83. The summed E-state index contributed by atoms with van der Waals surface area (Å²) in [5, 5.41) is 7.82. The van der Waals surface area contributed by atoms with Gasteiger partial charge in [0.15, 0.2) is 5.96 Å². The maximum absolute atomic E-state index is 12.1. The second-order valence-corrected chi connectivity index (χ2v) is 8.07. The van der Waals surface area contributed by atoms with Crippen molar-refractivity contribution in [1.82, 2.24) is 24.9 Å². The van der Waals surface area contributed by atoms with Gasteiger partial charge in [-0.05, 0) is 18.8 Å². The minimum absolute atomic E-state index is 0. The first-order chi connectivity index (χ1) is 13.5. The summed E-state index contributed by atoms with van der Waals surface area (Å²) in [5.41, 5.74) is 1.07. The Hall–Kier alpha value is -1.36. The highest BCUT2D eigenvalue weighted by molar-refractivity contribution is 14.0. The van der Waals surface area contributed by atoms with Crippen LogP contribution < -0.4 is 5.32 Å². The Labute approximate surface area is 191 Å². The topological polar surface area (TPSA) is 75.0 Å². The molecule has 1 saturated heterocycles. The van der Waals surface area contributed by atoms with Crippen molar-refractivity contribution in [3.8, 4) is 0 Å². The molecule has 1 aliphatic carbocycles. The van der Waals surface area contributed by atoms with Crippen LogP contribution in [0.3, 0.4) is 0 Å². The number of aromatic nitrogens is 2. The summed E-state index contributed by atoms with van der Waals surface area (Å²) in [6.07, 6.45) is 10.4. The van der Waals surface area contributed by atoms with E-state index in [0.717, 1.165) is 24.6 Å². The van der Waals surface area contributed by atoms with Gasteiger partial charge in [0.25, 0.3) is 0 Å². The van der Waals surface area contributed by atoms with Gasteiger partial charge < -0.3 is 19.9 Å². The number of nitrogens with one attached hydrogen (secondary N) is 1. The van der Waals surface area contributed by atoms with Crippen molar-refractivity contribution in [2.24, 2.45) is 18.0 Å². The second-order valence-electron chi connectivity index (χ2n) is 8.07. The standard InChI is InChI=1S/C20H34N6O2.HI/c1-24(2)19(27)13-22-20(21-11-16-7-5-4-6-8-16)26-9-10-28-18(15-26)17-12-23-25(3)14-17;/h12,14,16,18H,4-11,13,15H2,1-3H3,(H,21,22);1H. The highest BCUT2D eigenvalue weighted by Gasteiger charge is 2.26. The SMILES string of the molecule is CN(C)C(=O)CN=C(NCC1CCCCC1)N1CCOC(c2cnn(C)c2)C1.I. The van der Waals surface area contributed by atoms with Gasteiger partial charge in [-0.25, -0.2) is 4.99 Å². The molecule has 1 saturated carbocycles. The molecule has 1 amide bonds. The van der Waals surface area contributed by atoms with Gasteiger partial charge >= 0.3 is 0 Å². The Kier molecular flexibility index (Phi) is 9.67. The molecule has 29 heavy (non-hydrogen) atoms.